The van der Waals surface area contributed by atoms with Gasteiger partial charge in [0.1, 0.15) is 11.5 Å². The molecule has 0 saturated heterocycles. The first-order chi connectivity index (χ1) is 18.7. The van der Waals surface area contributed by atoms with E-state index in [0.717, 1.165) is 44.3 Å². The molecular weight excluding hydrogens is 500 g/mol. The van der Waals surface area contributed by atoms with Gasteiger partial charge in [0.2, 0.25) is 0 Å². The smallest absolute Gasteiger partial charge is 0.261 e. The normalized spacial score (nSPS) is 27.2. The van der Waals surface area contributed by atoms with Crippen molar-refractivity contribution in [3.8, 4) is 0 Å². The first kappa shape index (κ1) is 28.3. The standard InChI is InChI=1S/C34H46O4Si/c1-6-36-32-19-18-29-30(38-32)24-26-22-25(2)23-31(35)34(26,29)20-13-21-37-39(33(3,4)5,27-14-9-7-10-15-27)28-16-11-8-12-17-28/h7-12,14-17,25-26,32H,6,13,18-24H2,1-5H3/t25-,26+,32?,34+/m1/s1. The zero-order valence-corrected chi connectivity index (χ0v) is 25.5. The lowest BCUT2D eigenvalue weighted by atomic mass is 9.59. The first-order valence-corrected chi connectivity index (χ1v) is 16.9. The second-order valence-electron chi connectivity index (χ2n) is 12.9. The molecule has 3 aliphatic rings. The van der Waals surface area contributed by atoms with E-state index in [4.69, 9.17) is 13.9 Å². The van der Waals surface area contributed by atoms with E-state index in [0.29, 0.717) is 37.3 Å². The van der Waals surface area contributed by atoms with Gasteiger partial charge in [-0.1, -0.05) is 88.4 Å². The highest BCUT2D eigenvalue weighted by Crippen LogP contribution is 2.60. The molecule has 2 aromatic rings. The second kappa shape index (κ2) is 11.3. The van der Waals surface area contributed by atoms with Crippen molar-refractivity contribution in [2.24, 2.45) is 17.3 Å². The average molecular weight is 547 g/mol. The van der Waals surface area contributed by atoms with Gasteiger partial charge in [0.25, 0.3) is 8.32 Å². The molecule has 210 valence electrons. The van der Waals surface area contributed by atoms with Crippen molar-refractivity contribution in [3.05, 3.63) is 72.0 Å². The Morgan fingerprint density at radius 2 is 1.64 bits per heavy atom. The SMILES string of the molecule is CCOC1CCC2=C(C[C@@H]3C[C@@H](C)CC(=O)[C@]23CCCO[Si](c2ccccc2)(c2ccccc2)C(C)(C)C)O1. The zero-order chi connectivity index (χ0) is 27.7. The minimum absolute atomic E-state index is 0.0544. The molecule has 1 saturated carbocycles. The van der Waals surface area contributed by atoms with Gasteiger partial charge < -0.3 is 13.9 Å². The number of carbonyl (C=O) groups excluding carboxylic acids is 1. The Labute approximate surface area is 236 Å². The number of carbonyl (C=O) groups is 1. The molecule has 0 N–H and O–H groups in total. The Morgan fingerprint density at radius 1 is 1.00 bits per heavy atom. The number of fused-ring (bicyclic) bond motifs is 2. The van der Waals surface area contributed by atoms with Crippen molar-refractivity contribution in [1.82, 2.24) is 0 Å². The van der Waals surface area contributed by atoms with Crippen LogP contribution in [0.5, 0.6) is 0 Å². The molecule has 0 amide bonds. The van der Waals surface area contributed by atoms with Crippen LogP contribution in [0.25, 0.3) is 0 Å². The molecule has 0 aromatic heterocycles. The fourth-order valence-corrected chi connectivity index (χ4v) is 12.5. The number of allylic oxidation sites excluding steroid dienone is 2. The minimum Gasteiger partial charge on any atom is -0.469 e. The predicted molar refractivity (Wildman–Crippen MR) is 160 cm³/mol. The van der Waals surface area contributed by atoms with E-state index in [1.165, 1.54) is 15.9 Å². The number of hydrogen-bond donors (Lipinski definition) is 0. The molecule has 0 bridgehead atoms. The summed E-state index contributed by atoms with van der Waals surface area (Å²) in [6, 6.07) is 21.7. The average Bonchev–Trinajstić information content (AvgIpc) is 3.23. The molecular formula is C34H46O4Si. The summed E-state index contributed by atoms with van der Waals surface area (Å²) in [4.78, 5) is 13.9. The monoisotopic (exact) mass is 546 g/mol. The topological polar surface area (TPSA) is 44.8 Å². The Hall–Kier alpha value is -2.21. The van der Waals surface area contributed by atoms with Crippen LogP contribution >= 0.6 is 0 Å². The number of rotatable bonds is 9. The second-order valence-corrected chi connectivity index (χ2v) is 17.2. The fourth-order valence-electron chi connectivity index (χ4n) is 7.86. The van der Waals surface area contributed by atoms with Crippen LogP contribution in [0.4, 0.5) is 0 Å². The van der Waals surface area contributed by atoms with Crippen LogP contribution in [0.15, 0.2) is 72.0 Å². The highest BCUT2D eigenvalue weighted by molar-refractivity contribution is 6.99. The summed E-state index contributed by atoms with van der Waals surface area (Å²) in [5, 5.41) is 2.55. The van der Waals surface area contributed by atoms with Crippen LogP contribution < -0.4 is 10.4 Å². The van der Waals surface area contributed by atoms with E-state index < -0.39 is 8.32 Å². The summed E-state index contributed by atoms with van der Waals surface area (Å²) in [5.41, 5.74) is 0.902. The van der Waals surface area contributed by atoms with Crippen LogP contribution in [-0.4, -0.2) is 33.6 Å². The lowest BCUT2D eigenvalue weighted by molar-refractivity contribution is -0.135. The van der Waals surface area contributed by atoms with Crippen molar-refractivity contribution >= 4 is 24.5 Å². The molecule has 0 spiro atoms. The summed E-state index contributed by atoms with van der Waals surface area (Å²) in [7, 11) is -2.59. The number of benzene rings is 2. The maximum atomic E-state index is 13.9. The Kier molecular flexibility index (Phi) is 8.24. The van der Waals surface area contributed by atoms with Crippen molar-refractivity contribution in [3.63, 3.8) is 0 Å². The molecule has 2 aliphatic carbocycles. The van der Waals surface area contributed by atoms with Crippen LogP contribution in [0.2, 0.25) is 5.04 Å². The highest BCUT2D eigenvalue weighted by atomic mass is 28.4. The molecule has 1 fully saturated rings. The van der Waals surface area contributed by atoms with Gasteiger partial charge in [-0.15, -0.1) is 0 Å². The van der Waals surface area contributed by atoms with E-state index >= 15 is 0 Å². The Bertz CT molecular complexity index is 1130. The number of hydrogen-bond acceptors (Lipinski definition) is 4. The lowest BCUT2D eigenvalue weighted by Crippen LogP contribution is -2.66. The third kappa shape index (κ3) is 5.07. The Balaban J connectivity index is 1.42. The maximum absolute atomic E-state index is 13.9. The highest BCUT2D eigenvalue weighted by Gasteiger charge is 2.57. The van der Waals surface area contributed by atoms with Crippen LogP contribution in [0.1, 0.15) is 79.6 Å². The van der Waals surface area contributed by atoms with Gasteiger partial charge in [0.15, 0.2) is 6.29 Å². The first-order valence-electron chi connectivity index (χ1n) is 15.0. The van der Waals surface area contributed by atoms with Gasteiger partial charge in [-0.2, -0.15) is 0 Å². The molecule has 4 nitrogen and oxygen atoms in total. The number of Topliss-reactive ketones (excluding diaryl/α,β-unsaturated/α-hetero) is 1. The number of ether oxygens (including phenoxy) is 2. The summed E-state index contributed by atoms with van der Waals surface area (Å²) in [6.45, 7) is 12.5. The molecule has 4 atom stereocenters. The minimum atomic E-state index is -2.59. The van der Waals surface area contributed by atoms with E-state index in [9.17, 15) is 4.79 Å². The lowest BCUT2D eigenvalue weighted by Gasteiger charge is -2.44. The third-order valence-electron chi connectivity index (χ3n) is 9.43. The fraction of sp³-hybridized carbons (Fsp3) is 0.559. The van der Waals surface area contributed by atoms with Crippen molar-refractivity contribution in [2.75, 3.05) is 13.2 Å². The molecule has 1 heterocycles. The molecule has 1 aliphatic heterocycles. The van der Waals surface area contributed by atoms with Gasteiger partial charge in [-0.05, 0) is 65.4 Å². The third-order valence-corrected chi connectivity index (χ3v) is 14.5. The molecule has 39 heavy (non-hydrogen) atoms. The summed E-state index contributed by atoms with van der Waals surface area (Å²) < 4.78 is 19.4. The van der Waals surface area contributed by atoms with E-state index in [1.54, 1.807) is 0 Å². The van der Waals surface area contributed by atoms with Gasteiger partial charge in [0.05, 0.1) is 5.41 Å². The maximum Gasteiger partial charge on any atom is 0.261 e. The van der Waals surface area contributed by atoms with Gasteiger partial charge in [-0.3, -0.25) is 4.79 Å². The van der Waals surface area contributed by atoms with E-state index in [-0.39, 0.29) is 16.7 Å². The van der Waals surface area contributed by atoms with Gasteiger partial charge in [-0.25, -0.2) is 0 Å². The van der Waals surface area contributed by atoms with Crippen LogP contribution in [-0.2, 0) is 18.7 Å². The van der Waals surface area contributed by atoms with Crippen molar-refractivity contribution in [2.45, 2.75) is 90.9 Å². The molecule has 2 aromatic carbocycles. The predicted octanol–water partition coefficient (Wildman–Crippen LogP) is 6.78. The quantitative estimate of drug-likeness (QED) is 0.257. The van der Waals surface area contributed by atoms with Gasteiger partial charge >= 0.3 is 0 Å². The van der Waals surface area contributed by atoms with Crippen LogP contribution in [0.3, 0.4) is 0 Å². The molecule has 5 heteroatoms. The zero-order valence-electron chi connectivity index (χ0n) is 24.5. The van der Waals surface area contributed by atoms with Crippen LogP contribution in [0, 0.1) is 17.3 Å². The Morgan fingerprint density at radius 3 is 2.23 bits per heavy atom. The summed E-state index contributed by atoms with van der Waals surface area (Å²) >= 11 is 0. The summed E-state index contributed by atoms with van der Waals surface area (Å²) in [5.74, 6) is 2.26. The summed E-state index contributed by atoms with van der Waals surface area (Å²) in [6.07, 6.45) is 5.95. The molecule has 0 radical (unpaired) electrons. The van der Waals surface area contributed by atoms with Gasteiger partial charge in [0, 0.05) is 32.5 Å². The molecule has 1 unspecified atom stereocenters. The molecule has 5 rings (SSSR count). The van der Waals surface area contributed by atoms with E-state index in [1.807, 2.05) is 6.92 Å². The van der Waals surface area contributed by atoms with Crippen molar-refractivity contribution < 1.29 is 18.7 Å². The van der Waals surface area contributed by atoms with Crippen molar-refractivity contribution in [1.29, 1.82) is 0 Å². The largest absolute Gasteiger partial charge is 0.469 e. The number of ketones is 1. The van der Waals surface area contributed by atoms with E-state index in [2.05, 4.69) is 88.4 Å².